The van der Waals surface area contributed by atoms with Gasteiger partial charge in [0.05, 0.1) is 0 Å². The van der Waals surface area contributed by atoms with E-state index >= 15 is 0 Å². The van der Waals surface area contributed by atoms with Crippen LogP contribution in [0.3, 0.4) is 0 Å². The second kappa shape index (κ2) is 3.33. The summed E-state index contributed by atoms with van der Waals surface area (Å²) in [5.41, 5.74) is 0. The molecular weight excluding hydrogens is 129 g/mol. The lowest BCUT2D eigenvalue weighted by molar-refractivity contribution is 0.100. The number of nitrogens with zero attached hydrogens (tertiary/aromatic N) is 1. The van der Waals surface area contributed by atoms with Crippen molar-refractivity contribution in [2.75, 3.05) is 20.1 Å². The molecule has 1 rings (SSSR count). The van der Waals surface area contributed by atoms with Crippen molar-refractivity contribution in [3.05, 3.63) is 0 Å². The number of hydrogen-bond donors (Lipinski definition) is 0. The molecule has 0 spiro atoms. The Balaban J connectivity index is 2.36. The summed E-state index contributed by atoms with van der Waals surface area (Å²) < 4.78 is 13.1. The molecular formula is C8H16FN. The first-order chi connectivity index (χ1) is 4.74. The van der Waals surface area contributed by atoms with Crippen LogP contribution in [-0.2, 0) is 0 Å². The van der Waals surface area contributed by atoms with Crippen LogP contribution in [0.5, 0.6) is 0 Å². The van der Waals surface area contributed by atoms with Crippen molar-refractivity contribution in [1.82, 2.24) is 4.90 Å². The van der Waals surface area contributed by atoms with E-state index in [0.29, 0.717) is 12.5 Å². The fraction of sp³-hybridized carbons (Fsp3) is 1.00. The molecule has 0 unspecified atom stereocenters. The number of likely N-dealkylation sites (tertiary alicyclic amines) is 1. The molecule has 0 bridgehead atoms. The van der Waals surface area contributed by atoms with Crippen LogP contribution in [0.4, 0.5) is 4.39 Å². The molecule has 0 radical (unpaired) electrons. The number of rotatable bonds is 1. The molecule has 1 fully saturated rings. The molecule has 0 aromatic carbocycles. The van der Waals surface area contributed by atoms with Crippen LogP contribution in [0.15, 0.2) is 0 Å². The lowest BCUT2D eigenvalue weighted by Crippen LogP contribution is -2.39. The van der Waals surface area contributed by atoms with Crippen LogP contribution < -0.4 is 0 Å². The maximum absolute atomic E-state index is 13.1. The van der Waals surface area contributed by atoms with Crippen molar-refractivity contribution in [1.29, 1.82) is 0 Å². The highest BCUT2D eigenvalue weighted by atomic mass is 19.1. The Hall–Kier alpha value is -0.110. The molecule has 1 nitrogen and oxygen atoms in total. The minimum absolute atomic E-state index is 0.330. The number of piperidine rings is 1. The molecule has 1 saturated heterocycles. The van der Waals surface area contributed by atoms with Crippen molar-refractivity contribution in [3.63, 3.8) is 0 Å². The third kappa shape index (κ3) is 1.69. The van der Waals surface area contributed by atoms with Crippen LogP contribution in [-0.4, -0.2) is 31.2 Å². The largest absolute Gasteiger partial charge is 0.303 e. The standard InChI is InChI=1S/C8H16FN/c1-3-7-4-5-10(2)6-8(7)9/h7-8H,3-6H2,1-2H3/t7-,8-/m0/s1. The Morgan fingerprint density at radius 1 is 1.60 bits per heavy atom. The average Bonchev–Trinajstić information content (AvgIpc) is 1.88. The predicted molar refractivity (Wildman–Crippen MR) is 40.8 cm³/mol. The molecule has 2 heteroatoms. The van der Waals surface area contributed by atoms with Gasteiger partial charge >= 0.3 is 0 Å². The topological polar surface area (TPSA) is 3.24 Å². The second-order valence-electron chi connectivity index (χ2n) is 3.24. The highest BCUT2D eigenvalue weighted by molar-refractivity contribution is 4.77. The van der Waals surface area contributed by atoms with Gasteiger partial charge in [-0.1, -0.05) is 13.3 Å². The molecule has 2 atom stereocenters. The van der Waals surface area contributed by atoms with E-state index in [2.05, 4.69) is 11.8 Å². The molecule has 0 N–H and O–H groups in total. The van der Waals surface area contributed by atoms with Crippen molar-refractivity contribution in [2.45, 2.75) is 25.9 Å². The second-order valence-corrected chi connectivity index (χ2v) is 3.24. The van der Waals surface area contributed by atoms with Crippen molar-refractivity contribution in [3.8, 4) is 0 Å². The average molecular weight is 145 g/mol. The molecule has 60 valence electrons. The first kappa shape index (κ1) is 7.99. The van der Waals surface area contributed by atoms with E-state index in [1.807, 2.05) is 7.05 Å². The molecule has 1 heterocycles. The van der Waals surface area contributed by atoms with Gasteiger partial charge in [0.25, 0.3) is 0 Å². The normalized spacial score (nSPS) is 36.3. The Morgan fingerprint density at radius 3 is 2.80 bits per heavy atom. The van der Waals surface area contributed by atoms with Crippen LogP contribution in [0.2, 0.25) is 0 Å². The smallest absolute Gasteiger partial charge is 0.116 e. The van der Waals surface area contributed by atoms with Gasteiger partial charge in [-0.3, -0.25) is 0 Å². The van der Waals surface area contributed by atoms with Crippen LogP contribution in [0.25, 0.3) is 0 Å². The predicted octanol–water partition coefficient (Wildman–Crippen LogP) is 1.69. The molecule has 0 amide bonds. The maximum atomic E-state index is 13.1. The molecule has 1 aliphatic heterocycles. The van der Waals surface area contributed by atoms with Crippen molar-refractivity contribution in [2.24, 2.45) is 5.92 Å². The molecule has 0 aliphatic carbocycles. The quantitative estimate of drug-likeness (QED) is 0.542. The van der Waals surface area contributed by atoms with Gasteiger partial charge < -0.3 is 4.90 Å². The van der Waals surface area contributed by atoms with Crippen molar-refractivity contribution < 1.29 is 4.39 Å². The van der Waals surface area contributed by atoms with Crippen LogP contribution in [0, 0.1) is 5.92 Å². The van der Waals surface area contributed by atoms with Crippen LogP contribution in [0.1, 0.15) is 19.8 Å². The van der Waals surface area contributed by atoms with E-state index in [4.69, 9.17) is 0 Å². The summed E-state index contributed by atoms with van der Waals surface area (Å²) in [6.07, 6.45) is 1.45. The summed E-state index contributed by atoms with van der Waals surface area (Å²) in [5, 5.41) is 0. The van der Waals surface area contributed by atoms with E-state index in [9.17, 15) is 4.39 Å². The van der Waals surface area contributed by atoms with Gasteiger partial charge in [-0.25, -0.2) is 4.39 Å². The van der Waals surface area contributed by atoms with E-state index in [0.717, 1.165) is 19.4 Å². The van der Waals surface area contributed by atoms with Gasteiger partial charge in [-0.2, -0.15) is 0 Å². The number of hydrogen-bond acceptors (Lipinski definition) is 1. The Kier molecular flexibility index (Phi) is 2.66. The SMILES string of the molecule is CC[C@H]1CCN(C)C[C@@H]1F. The fourth-order valence-electron chi connectivity index (χ4n) is 1.57. The zero-order valence-corrected chi connectivity index (χ0v) is 6.81. The monoisotopic (exact) mass is 145 g/mol. The van der Waals surface area contributed by atoms with Crippen LogP contribution >= 0.6 is 0 Å². The summed E-state index contributed by atoms with van der Waals surface area (Å²) in [4.78, 5) is 2.07. The summed E-state index contributed by atoms with van der Waals surface area (Å²) in [6.45, 7) is 3.78. The zero-order chi connectivity index (χ0) is 7.56. The van der Waals surface area contributed by atoms with E-state index < -0.39 is 6.17 Å². The molecule has 0 aromatic heterocycles. The molecule has 1 aliphatic rings. The Morgan fingerprint density at radius 2 is 2.30 bits per heavy atom. The van der Waals surface area contributed by atoms with E-state index in [1.165, 1.54) is 0 Å². The van der Waals surface area contributed by atoms with E-state index in [1.54, 1.807) is 0 Å². The minimum Gasteiger partial charge on any atom is -0.303 e. The lowest BCUT2D eigenvalue weighted by atomic mass is 9.93. The van der Waals surface area contributed by atoms with Gasteiger partial charge in [0, 0.05) is 6.54 Å². The first-order valence-electron chi connectivity index (χ1n) is 4.06. The summed E-state index contributed by atoms with van der Waals surface area (Å²) in [7, 11) is 1.98. The van der Waals surface area contributed by atoms with Gasteiger partial charge in [-0.15, -0.1) is 0 Å². The van der Waals surface area contributed by atoms with Gasteiger partial charge in [0.1, 0.15) is 6.17 Å². The third-order valence-corrected chi connectivity index (χ3v) is 2.40. The van der Waals surface area contributed by atoms with Gasteiger partial charge in [0.15, 0.2) is 0 Å². The zero-order valence-electron chi connectivity index (χ0n) is 6.81. The summed E-state index contributed by atoms with van der Waals surface area (Å²) in [6, 6.07) is 0. The minimum atomic E-state index is -0.580. The Labute approximate surface area is 62.2 Å². The number of halogens is 1. The molecule has 10 heavy (non-hydrogen) atoms. The number of alkyl halides is 1. The summed E-state index contributed by atoms with van der Waals surface area (Å²) in [5.74, 6) is 0.330. The maximum Gasteiger partial charge on any atom is 0.116 e. The fourth-order valence-corrected chi connectivity index (χ4v) is 1.57. The van der Waals surface area contributed by atoms with E-state index in [-0.39, 0.29) is 0 Å². The highest BCUT2D eigenvalue weighted by Crippen LogP contribution is 2.21. The summed E-state index contributed by atoms with van der Waals surface area (Å²) >= 11 is 0. The Bertz CT molecular complexity index is 105. The first-order valence-corrected chi connectivity index (χ1v) is 4.06. The lowest BCUT2D eigenvalue weighted by Gasteiger charge is -2.31. The van der Waals surface area contributed by atoms with Gasteiger partial charge in [-0.05, 0) is 25.9 Å². The third-order valence-electron chi connectivity index (χ3n) is 2.40. The molecule has 0 aromatic rings. The van der Waals surface area contributed by atoms with Crippen molar-refractivity contribution >= 4 is 0 Å². The highest BCUT2D eigenvalue weighted by Gasteiger charge is 2.25. The molecule has 0 saturated carbocycles. The van der Waals surface area contributed by atoms with Gasteiger partial charge in [0.2, 0.25) is 0 Å².